The largest absolute Gasteiger partial charge is 0.381 e. The Balaban J connectivity index is 1.94. The minimum atomic E-state index is 0.370. The van der Waals surface area contributed by atoms with Gasteiger partial charge in [-0.25, -0.2) is 0 Å². The van der Waals surface area contributed by atoms with Crippen molar-refractivity contribution >= 4 is 0 Å². The molecular formula is C15H30N2O. The zero-order chi connectivity index (χ0) is 12.8. The fourth-order valence-electron chi connectivity index (χ4n) is 3.36. The van der Waals surface area contributed by atoms with Crippen molar-refractivity contribution in [2.24, 2.45) is 5.41 Å². The van der Waals surface area contributed by atoms with E-state index in [2.05, 4.69) is 24.1 Å². The van der Waals surface area contributed by atoms with E-state index < -0.39 is 0 Å². The first kappa shape index (κ1) is 14.3. The van der Waals surface area contributed by atoms with Gasteiger partial charge in [-0.3, -0.25) is 4.90 Å². The first-order valence-corrected chi connectivity index (χ1v) is 7.78. The van der Waals surface area contributed by atoms with Crippen LogP contribution in [0.3, 0.4) is 0 Å². The molecule has 3 nitrogen and oxygen atoms in total. The molecule has 0 amide bonds. The lowest BCUT2D eigenvalue weighted by molar-refractivity contribution is 0.0907. The Bertz CT molecular complexity index is 239. The van der Waals surface area contributed by atoms with Crippen LogP contribution >= 0.6 is 0 Å². The molecule has 2 rings (SSSR count). The smallest absolute Gasteiger partial charge is 0.0547 e. The van der Waals surface area contributed by atoms with Crippen molar-refractivity contribution in [1.82, 2.24) is 10.2 Å². The summed E-state index contributed by atoms with van der Waals surface area (Å²) in [4.78, 5) is 2.72. The molecule has 2 aliphatic rings. The number of nitrogens with one attached hydrogen (secondary N) is 1. The number of ether oxygens (including phenoxy) is 1. The molecule has 2 aliphatic heterocycles. The molecule has 0 aromatic heterocycles. The second kappa shape index (κ2) is 6.88. The van der Waals surface area contributed by atoms with Crippen molar-refractivity contribution in [1.29, 1.82) is 0 Å². The van der Waals surface area contributed by atoms with E-state index in [9.17, 15) is 0 Å². The molecular weight excluding hydrogens is 224 g/mol. The van der Waals surface area contributed by atoms with Gasteiger partial charge in [0.25, 0.3) is 0 Å². The molecule has 0 radical (unpaired) electrons. The van der Waals surface area contributed by atoms with E-state index in [1.165, 1.54) is 45.2 Å². The molecule has 0 aromatic rings. The van der Waals surface area contributed by atoms with Crippen LogP contribution in [0.25, 0.3) is 0 Å². The lowest BCUT2D eigenvalue weighted by Gasteiger charge is -2.37. The summed E-state index contributed by atoms with van der Waals surface area (Å²) in [5, 5.41) is 3.54. The van der Waals surface area contributed by atoms with E-state index >= 15 is 0 Å². The third-order valence-electron chi connectivity index (χ3n) is 4.66. The van der Waals surface area contributed by atoms with Gasteiger partial charge in [0.1, 0.15) is 0 Å². The molecule has 0 aromatic carbocycles. The molecule has 0 aliphatic carbocycles. The van der Waals surface area contributed by atoms with Gasteiger partial charge in [0.05, 0.1) is 6.61 Å². The summed E-state index contributed by atoms with van der Waals surface area (Å²) in [6.07, 6.45) is 6.80. The molecule has 0 saturated carbocycles. The van der Waals surface area contributed by atoms with Gasteiger partial charge in [0, 0.05) is 31.2 Å². The summed E-state index contributed by atoms with van der Waals surface area (Å²) in [6, 6.07) is 0.756. The number of rotatable bonds is 5. The van der Waals surface area contributed by atoms with Gasteiger partial charge in [-0.15, -0.1) is 0 Å². The molecule has 1 N–H and O–H groups in total. The van der Waals surface area contributed by atoms with E-state index in [1.54, 1.807) is 0 Å². The predicted molar refractivity (Wildman–Crippen MR) is 75.9 cm³/mol. The quantitative estimate of drug-likeness (QED) is 0.814. The molecule has 0 spiro atoms. The van der Waals surface area contributed by atoms with Gasteiger partial charge < -0.3 is 10.1 Å². The number of hydrogen-bond acceptors (Lipinski definition) is 3. The first-order chi connectivity index (χ1) is 8.76. The summed E-state index contributed by atoms with van der Waals surface area (Å²) in [5.74, 6) is 0. The van der Waals surface area contributed by atoms with Gasteiger partial charge in [-0.2, -0.15) is 0 Å². The van der Waals surface area contributed by atoms with Crippen molar-refractivity contribution in [2.75, 3.05) is 39.4 Å². The molecule has 3 heteroatoms. The third-order valence-corrected chi connectivity index (χ3v) is 4.66. The van der Waals surface area contributed by atoms with Crippen molar-refractivity contribution in [3.05, 3.63) is 0 Å². The lowest BCUT2D eigenvalue weighted by Crippen LogP contribution is -2.47. The zero-order valence-electron chi connectivity index (χ0n) is 12.2. The summed E-state index contributed by atoms with van der Waals surface area (Å²) in [5.41, 5.74) is 0.370. The zero-order valence-corrected chi connectivity index (χ0v) is 12.2. The summed E-state index contributed by atoms with van der Waals surface area (Å²) < 4.78 is 5.70. The Hall–Kier alpha value is -0.120. The van der Waals surface area contributed by atoms with E-state index in [-0.39, 0.29) is 0 Å². The molecule has 0 bridgehead atoms. The number of hydrogen-bond donors (Lipinski definition) is 1. The molecule has 18 heavy (non-hydrogen) atoms. The lowest BCUT2D eigenvalue weighted by atomic mass is 9.86. The van der Waals surface area contributed by atoms with Gasteiger partial charge >= 0.3 is 0 Å². The maximum atomic E-state index is 5.70. The van der Waals surface area contributed by atoms with Crippen LogP contribution in [-0.4, -0.2) is 50.3 Å². The van der Waals surface area contributed by atoms with Crippen LogP contribution < -0.4 is 5.32 Å². The standard InChI is InChI=1S/C15H30N2O/c1-3-16-11-15(8-10-18-13-15)12-17-9-6-4-5-7-14(17)2/h14,16H,3-13H2,1-2H3. The monoisotopic (exact) mass is 254 g/mol. The summed E-state index contributed by atoms with van der Waals surface area (Å²) in [7, 11) is 0. The normalized spacial score (nSPS) is 34.7. The molecule has 2 saturated heterocycles. The minimum Gasteiger partial charge on any atom is -0.381 e. The van der Waals surface area contributed by atoms with Crippen LogP contribution in [-0.2, 0) is 4.74 Å². The van der Waals surface area contributed by atoms with Crippen molar-refractivity contribution in [3.8, 4) is 0 Å². The fourth-order valence-corrected chi connectivity index (χ4v) is 3.36. The topological polar surface area (TPSA) is 24.5 Å². The maximum absolute atomic E-state index is 5.70. The second-order valence-electron chi connectivity index (χ2n) is 6.25. The molecule has 2 heterocycles. The average molecular weight is 254 g/mol. The number of likely N-dealkylation sites (tertiary alicyclic amines) is 1. The Morgan fingerprint density at radius 3 is 2.94 bits per heavy atom. The summed E-state index contributed by atoms with van der Waals surface area (Å²) in [6.45, 7) is 11.2. The minimum absolute atomic E-state index is 0.370. The van der Waals surface area contributed by atoms with Crippen LogP contribution in [0.5, 0.6) is 0 Å². The van der Waals surface area contributed by atoms with E-state index in [0.29, 0.717) is 5.41 Å². The highest BCUT2D eigenvalue weighted by Crippen LogP contribution is 2.31. The highest BCUT2D eigenvalue weighted by atomic mass is 16.5. The molecule has 2 fully saturated rings. The van der Waals surface area contributed by atoms with E-state index in [4.69, 9.17) is 4.74 Å². The van der Waals surface area contributed by atoms with Gasteiger partial charge in [-0.1, -0.05) is 19.8 Å². The molecule has 106 valence electrons. The van der Waals surface area contributed by atoms with E-state index in [0.717, 1.165) is 32.3 Å². The van der Waals surface area contributed by atoms with Gasteiger partial charge in [0.2, 0.25) is 0 Å². The van der Waals surface area contributed by atoms with Crippen molar-refractivity contribution < 1.29 is 4.74 Å². The summed E-state index contributed by atoms with van der Waals surface area (Å²) >= 11 is 0. The van der Waals surface area contributed by atoms with Crippen LogP contribution in [0.4, 0.5) is 0 Å². The Kier molecular flexibility index (Phi) is 5.46. The van der Waals surface area contributed by atoms with Crippen LogP contribution in [0.2, 0.25) is 0 Å². The van der Waals surface area contributed by atoms with E-state index in [1.807, 2.05) is 0 Å². The Labute approximate surface area is 112 Å². The van der Waals surface area contributed by atoms with Crippen LogP contribution in [0, 0.1) is 5.41 Å². The first-order valence-electron chi connectivity index (χ1n) is 7.78. The average Bonchev–Trinajstić information content (AvgIpc) is 2.74. The highest BCUT2D eigenvalue weighted by molar-refractivity contribution is 4.90. The van der Waals surface area contributed by atoms with Crippen LogP contribution in [0.1, 0.15) is 46.0 Å². The highest BCUT2D eigenvalue weighted by Gasteiger charge is 2.37. The third kappa shape index (κ3) is 3.69. The van der Waals surface area contributed by atoms with Crippen LogP contribution in [0.15, 0.2) is 0 Å². The van der Waals surface area contributed by atoms with Crippen molar-refractivity contribution in [3.63, 3.8) is 0 Å². The Morgan fingerprint density at radius 2 is 2.22 bits per heavy atom. The second-order valence-corrected chi connectivity index (χ2v) is 6.25. The fraction of sp³-hybridized carbons (Fsp3) is 1.00. The Morgan fingerprint density at radius 1 is 1.33 bits per heavy atom. The number of nitrogens with zero attached hydrogens (tertiary/aromatic N) is 1. The molecule has 2 unspecified atom stereocenters. The predicted octanol–water partition coefficient (Wildman–Crippen LogP) is 2.27. The van der Waals surface area contributed by atoms with Gasteiger partial charge in [0.15, 0.2) is 0 Å². The molecule has 2 atom stereocenters. The maximum Gasteiger partial charge on any atom is 0.0547 e. The van der Waals surface area contributed by atoms with Crippen molar-refractivity contribution in [2.45, 2.75) is 52.0 Å². The SMILES string of the molecule is CCNCC1(CN2CCCCCC2C)CCOC1. The van der Waals surface area contributed by atoms with Gasteiger partial charge in [-0.05, 0) is 39.3 Å².